The molecule has 6 bridgehead atoms. The molecule has 42 heavy (non-hydrogen) atoms. The number of hydrogen-bond donors (Lipinski definition) is 0. The molecule has 0 N–H and O–H groups in total. The van der Waals surface area contributed by atoms with Gasteiger partial charge in [-0.15, -0.1) is 0 Å². The predicted octanol–water partition coefficient (Wildman–Crippen LogP) is 6.25. The van der Waals surface area contributed by atoms with Crippen LogP contribution in [0.3, 0.4) is 0 Å². The van der Waals surface area contributed by atoms with Crippen molar-refractivity contribution in [1.29, 1.82) is 0 Å². The Balaban J connectivity index is 0.907. The Hall–Kier alpha value is -1.72. The Morgan fingerprint density at radius 2 is 1.69 bits per heavy atom. The van der Waals surface area contributed by atoms with Gasteiger partial charge in [-0.25, -0.2) is 0 Å². The molecule has 7 aliphatic carbocycles. The number of esters is 3. The number of carbonyl (C=O) groups is 4. The summed E-state index contributed by atoms with van der Waals surface area (Å²) >= 11 is 0. The SMILES string of the molecule is CC(=O)C1CC2CC1C1C3CC(C(C)C3CC3C(=O)OC(=O)C3CCC(C)C(=O)OC3(C)CC4CC3C3CCCC43)C21. The second kappa shape index (κ2) is 9.64. The van der Waals surface area contributed by atoms with Gasteiger partial charge in [-0.1, -0.05) is 20.3 Å². The second-order valence-corrected chi connectivity index (χ2v) is 16.8. The fraction of sp³-hybridized carbons (Fsp3) is 0.889. The topological polar surface area (TPSA) is 86.7 Å². The Morgan fingerprint density at radius 3 is 2.48 bits per heavy atom. The van der Waals surface area contributed by atoms with Crippen molar-refractivity contribution in [2.45, 2.75) is 104 Å². The fourth-order valence-electron chi connectivity index (χ4n) is 13.7. The third kappa shape index (κ3) is 3.87. The molecule has 1 aliphatic heterocycles. The van der Waals surface area contributed by atoms with Crippen LogP contribution in [0.15, 0.2) is 0 Å². The van der Waals surface area contributed by atoms with E-state index in [0.29, 0.717) is 78.3 Å². The van der Waals surface area contributed by atoms with Crippen molar-refractivity contribution in [1.82, 2.24) is 0 Å². The molecule has 17 atom stereocenters. The largest absolute Gasteiger partial charge is 0.459 e. The van der Waals surface area contributed by atoms with Crippen molar-refractivity contribution in [3.05, 3.63) is 0 Å². The second-order valence-electron chi connectivity index (χ2n) is 16.8. The van der Waals surface area contributed by atoms with E-state index >= 15 is 0 Å². The van der Waals surface area contributed by atoms with Crippen LogP contribution in [-0.2, 0) is 28.7 Å². The maximum atomic E-state index is 13.3. The molecule has 1 saturated heterocycles. The average Bonchev–Trinajstić information content (AvgIpc) is 3.77. The van der Waals surface area contributed by atoms with E-state index in [2.05, 4.69) is 13.8 Å². The number of Topliss-reactive ketones (excluding diaryl/α,β-unsaturated/α-hetero) is 1. The summed E-state index contributed by atoms with van der Waals surface area (Å²) in [6, 6.07) is 0. The summed E-state index contributed by atoms with van der Waals surface area (Å²) in [7, 11) is 0. The zero-order valence-electron chi connectivity index (χ0n) is 26.0. The summed E-state index contributed by atoms with van der Waals surface area (Å²) in [5.74, 6) is 6.16. The first-order valence-electron chi connectivity index (χ1n) is 17.5. The summed E-state index contributed by atoms with van der Waals surface area (Å²) in [5, 5.41) is 0. The van der Waals surface area contributed by atoms with Gasteiger partial charge in [0.05, 0.1) is 17.8 Å². The minimum absolute atomic E-state index is 0.141. The highest BCUT2D eigenvalue weighted by Crippen LogP contribution is 2.72. The molecule has 7 saturated carbocycles. The molecule has 230 valence electrons. The summed E-state index contributed by atoms with van der Waals surface area (Å²) < 4.78 is 11.5. The van der Waals surface area contributed by atoms with Gasteiger partial charge in [0.2, 0.25) is 0 Å². The zero-order valence-corrected chi connectivity index (χ0v) is 26.0. The first kappa shape index (κ1) is 27.8. The average molecular weight is 579 g/mol. The summed E-state index contributed by atoms with van der Waals surface area (Å²) in [4.78, 5) is 51.7. The molecule has 0 aromatic heterocycles. The highest BCUT2D eigenvalue weighted by molar-refractivity contribution is 5.96. The lowest BCUT2D eigenvalue weighted by molar-refractivity contribution is -0.171. The van der Waals surface area contributed by atoms with E-state index in [1.54, 1.807) is 6.92 Å². The van der Waals surface area contributed by atoms with Crippen molar-refractivity contribution in [3.63, 3.8) is 0 Å². The molecule has 0 aromatic carbocycles. The van der Waals surface area contributed by atoms with Crippen molar-refractivity contribution >= 4 is 23.7 Å². The molecule has 6 heteroatoms. The van der Waals surface area contributed by atoms with Crippen molar-refractivity contribution in [2.24, 2.45) is 94.7 Å². The molecule has 0 radical (unpaired) electrons. The first-order valence-corrected chi connectivity index (χ1v) is 17.5. The third-order valence-corrected chi connectivity index (χ3v) is 15.3. The van der Waals surface area contributed by atoms with E-state index in [9.17, 15) is 19.2 Å². The third-order valence-electron chi connectivity index (χ3n) is 15.3. The lowest BCUT2D eigenvalue weighted by atomic mass is 9.59. The number of ether oxygens (including phenoxy) is 2. The van der Waals surface area contributed by atoms with E-state index in [4.69, 9.17) is 9.47 Å². The van der Waals surface area contributed by atoms with Crippen molar-refractivity contribution in [3.8, 4) is 0 Å². The predicted molar refractivity (Wildman–Crippen MR) is 154 cm³/mol. The van der Waals surface area contributed by atoms with Crippen molar-refractivity contribution in [2.75, 3.05) is 0 Å². The number of fused-ring (bicyclic) bond motifs is 14. The van der Waals surface area contributed by atoms with Crippen LogP contribution < -0.4 is 0 Å². The van der Waals surface area contributed by atoms with Crippen LogP contribution in [0.1, 0.15) is 98.3 Å². The Bertz CT molecular complexity index is 1190. The molecule has 0 amide bonds. The monoisotopic (exact) mass is 578 g/mol. The van der Waals surface area contributed by atoms with Crippen LogP contribution in [0, 0.1) is 94.7 Å². The molecule has 1 heterocycles. The smallest absolute Gasteiger partial charge is 0.317 e. The number of hydrogen-bond acceptors (Lipinski definition) is 6. The lowest BCUT2D eigenvalue weighted by Gasteiger charge is -2.44. The van der Waals surface area contributed by atoms with Gasteiger partial charge in [0.1, 0.15) is 11.4 Å². The summed E-state index contributed by atoms with van der Waals surface area (Å²) in [6.45, 7) is 8.24. The zero-order chi connectivity index (χ0) is 29.2. The van der Waals surface area contributed by atoms with Gasteiger partial charge >= 0.3 is 17.9 Å². The molecular weight excluding hydrogens is 528 g/mol. The van der Waals surface area contributed by atoms with Crippen LogP contribution in [0.4, 0.5) is 0 Å². The highest BCUT2D eigenvalue weighted by Gasteiger charge is 2.67. The van der Waals surface area contributed by atoms with Gasteiger partial charge in [0.25, 0.3) is 0 Å². The van der Waals surface area contributed by atoms with E-state index in [-0.39, 0.29) is 29.4 Å². The minimum Gasteiger partial charge on any atom is -0.459 e. The van der Waals surface area contributed by atoms with E-state index in [1.807, 2.05) is 6.92 Å². The molecule has 17 unspecified atom stereocenters. The molecule has 0 aromatic rings. The quantitative estimate of drug-likeness (QED) is 0.192. The maximum absolute atomic E-state index is 13.3. The van der Waals surface area contributed by atoms with Gasteiger partial charge in [-0.05, 0) is 143 Å². The van der Waals surface area contributed by atoms with Gasteiger partial charge in [0, 0.05) is 11.8 Å². The Morgan fingerprint density at radius 1 is 0.929 bits per heavy atom. The van der Waals surface area contributed by atoms with Crippen LogP contribution in [0.2, 0.25) is 0 Å². The van der Waals surface area contributed by atoms with Crippen LogP contribution in [0.25, 0.3) is 0 Å². The fourth-order valence-corrected chi connectivity index (χ4v) is 13.7. The molecule has 8 fully saturated rings. The van der Waals surface area contributed by atoms with Crippen LogP contribution in [-0.4, -0.2) is 29.3 Å². The summed E-state index contributed by atoms with van der Waals surface area (Å²) in [5.41, 5.74) is -0.344. The molecule has 6 nitrogen and oxygen atoms in total. The summed E-state index contributed by atoms with van der Waals surface area (Å²) in [6.07, 6.45) is 11.5. The van der Waals surface area contributed by atoms with E-state index in [1.165, 1.54) is 38.5 Å². The number of cyclic esters (lactones) is 2. The van der Waals surface area contributed by atoms with Crippen LogP contribution in [0.5, 0.6) is 0 Å². The Kier molecular flexibility index (Phi) is 6.38. The van der Waals surface area contributed by atoms with Crippen molar-refractivity contribution < 1.29 is 28.7 Å². The first-order chi connectivity index (χ1) is 20.1. The molecular formula is C36H50O6. The van der Waals surface area contributed by atoms with Crippen LogP contribution >= 0.6 is 0 Å². The maximum Gasteiger partial charge on any atom is 0.317 e. The highest BCUT2D eigenvalue weighted by atomic mass is 16.6. The number of ketones is 1. The van der Waals surface area contributed by atoms with E-state index in [0.717, 1.165) is 30.6 Å². The Labute approximate surface area is 250 Å². The van der Waals surface area contributed by atoms with Gasteiger partial charge in [-0.3, -0.25) is 19.2 Å². The van der Waals surface area contributed by atoms with Gasteiger partial charge in [-0.2, -0.15) is 0 Å². The molecule has 8 rings (SSSR count). The number of carbonyl (C=O) groups excluding carboxylic acids is 4. The van der Waals surface area contributed by atoms with Gasteiger partial charge in [0.15, 0.2) is 0 Å². The molecule has 0 spiro atoms. The number of rotatable bonds is 8. The standard InChI is InChI=1S/C36H50O6/c1-16(33(38)42-36(4)15-20-12-30(36)22-7-5-6-21(20)22)8-9-23-29(35(40)41-34(23)39)13-24-17(2)25-14-28(24)32-27-11-19(31(25)32)10-26(27)18(3)37/h16-17,19-32H,5-15H2,1-4H3. The van der Waals surface area contributed by atoms with Gasteiger partial charge < -0.3 is 9.47 Å². The normalized spacial score (nSPS) is 53.5. The van der Waals surface area contributed by atoms with E-state index < -0.39 is 17.8 Å². The lowest BCUT2D eigenvalue weighted by Crippen LogP contribution is -2.43. The minimum atomic E-state index is -0.461. The molecule has 8 aliphatic rings.